The molecule has 4 N–H and O–H groups in total. The molecule has 0 spiro atoms. The molecule has 5 heteroatoms. The smallest absolute Gasteiger partial charge is 0.303 e. The molecule has 0 aromatic carbocycles. The number of carbonyl (C=O) groups is 2. The Balaban J connectivity index is 2.35. The van der Waals surface area contributed by atoms with Crippen molar-refractivity contribution in [1.29, 1.82) is 0 Å². The lowest BCUT2D eigenvalue weighted by Crippen LogP contribution is -2.45. The number of hydrogen-bond acceptors (Lipinski definition) is 3. The first-order valence-corrected chi connectivity index (χ1v) is 5.36. The van der Waals surface area contributed by atoms with Crippen LogP contribution in [0.4, 0.5) is 0 Å². The van der Waals surface area contributed by atoms with E-state index in [1.165, 1.54) is 12.8 Å². The van der Waals surface area contributed by atoms with Crippen molar-refractivity contribution in [2.75, 3.05) is 0 Å². The van der Waals surface area contributed by atoms with Gasteiger partial charge in [0.2, 0.25) is 5.91 Å². The minimum atomic E-state index is -0.894. The largest absolute Gasteiger partial charge is 0.481 e. The molecule has 0 saturated heterocycles. The molecule has 0 heterocycles. The van der Waals surface area contributed by atoms with E-state index in [1.54, 1.807) is 0 Å². The molecule has 86 valence electrons. The van der Waals surface area contributed by atoms with Gasteiger partial charge in [0.15, 0.2) is 0 Å². The van der Waals surface area contributed by atoms with E-state index < -0.39 is 17.9 Å². The van der Waals surface area contributed by atoms with E-state index in [0.29, 0.717) is 6.04 Å². The zero-order chi connectivity index (χ0) is 11.3. The Bertz CT molecular complexity index is 237. The van der Waals surface area contributed by atoms with Crippen molar-refractivity contribution in [3.63, 3.8) is 0 Å². The topological polar surface area (TPSA) is 92.4 Å². The number of nitrogens with one attached hydrogen (secondary N) is 1. The van der Waals surface area contributed by atoms with Gasteiger partial charge in [-0.2, -0.15) is 0 Å². The van der Waals surface area contributed by atoms with Gasteiger partial charge in [0.05, 0.1) is 6.04 Å². The average molecular weight is 214 g/mol. The summed E-state index contributed by atoms with van der Waals surface area (Å²) in [5, 5.41) is 11.7. The normalized spacial score (nSPS) is 18.9. The molecule has 5 nitrogen and oxygen atoms in total. The van der Waals surface area contributed by atoms with Crippen LogP contribution >= 0.6 is 0 Å². The fourth-order valence-corrected chi connectivity index (χ4v) is 1.95. The van der Waals surface area contributed by atoms with E-state index in [4.69, 9.17) is 10.8 Å². The van der Waals surface area contributed by atoms with E-state index in [1.807, 2.05) is 0 Å². The highest BCUT2D eigenvalue weighted by Gasteiger charge is 2.22. The van der Waals surface area contributed by atoms with E-state index in [0.717, 1.165) is 12.8 Å². The summed E-state index contributed by atoms with van der Waals surface area (Å²) in [6.45, 7) is 0. The lowest BCUT2D eigenvalue weighted by atomic mass is 10.1. The maximum Gasteiger partial charge on any atom is 0.303 e. The fourth-order valence-electron chi connectivity index (χ4n) is 1.95. The third kappa shape index (κ3) is 4.29. The van der Waals surface area contributed by atoms with Crippen molar-refractivity contribution in [1.82, 2.24) is 5.32 Å². The SMILES string of the molecule is NC(=O)[C@H](CCC(=O)O)NC1CCCC1. The fraction of sp³-hybridized carbons (Fsp3) is 0.800. The second-order valence-corrected chi connectivity index (χ2v) is 4.04. The van der Waals surface area contributed by atoms with Crippen LogP contribution in [0.2, 0.25) is 0 Å². The Morgan fingerprint density at radius 1 is 1.40 bits per heavy atom. The quantitative estimate of drug-likeness (QED) is 0.590. The van der Waals surface area contributed by atoms with Gasteiger partial charge in [0.1, 0.15) is 0 Å². The minimum absolute atomic E-state index is 0.0205. The Hall–Kier alpha value is -1.10. The molecule has 1 atom stereocenters. The van der Waals surface area contributed by atoms with Crippen LogP contribution in [0.1, 0.15) is 38.5 Å². The summed E-state index contributed by atoms with van der Waals surface area (Å²) in [5.41, 5.74) is 5.21. The Morgan fingerprint density at radius 3 is 2.47 bits per heavy atom. The van der Waals surface area contributed by atoms with Gasteiger partial charge in [-0.3, -0.25) is 9.59 Å². The van der Waals surface area contributed by atoms with E-state index >= 15 is 0 Å². The maximum absolute atomic E-state index is 11.1. The number of carboxylic acid groups (broad SMARTS) is 1. The van der Waals surface area contributed by atoms with Crippen LogP contribution in [0.15, 0.2) is 0 Å². The van der Waals surface area contributed by atoms with Crippen LogP contribution in [0.25, 0.3) is 0 Å². The molecule has 0 unspecified atom stereocenters. The van der Waals surface area contributed by atoms with Crippen molar-refractivity contribution in [3.05, 3.63) is 0 Å². The van der Waals surface area contributed by atoms with Gasteiger partial charge in [-0.25, -0.2) is 0 Å². The number of rotatable bonds is 6. The third-order valence-corrected chi connectivity index (χ3v) is 2.78. The molecule has 1 amide bonds. The number of primary amides is 1. The molecule has 0 aromatic rings. The number of hydrogen-bond donors (Lipinski definition) is 3. The first-order valence-electron chi connectivity index (χ1n) is 5.36. The molecule has 1 aliphatic rings. The molecular weight excluding hydrogens is 196 g/mol. The van der Waals surface area contributed by atoms with Gasteiger partial charge in [-0.05, 0) is 19.3 Å². The van der Waals surface area contributed by atoms with Crippen LogP contribution in [0.3, 0.4) is 0 Å². The van der Waals surface area contributed by atoms with Crippen LogP contribution in [-0.4, -0.2) is 29.1 Å². The zero-order valence-corrected chi connectivity index (χ0v) is 8.74. The third-order valence-electron chi connectivity index (χ3n) is 2.78. The van der Waals surface area contributed by atoms with Gasteiger partial charge >= 0.3 is 5.97 Å². The van der Waals surface area contributed by atoms with Gasteiger partial charge < -0.3 is 16.2 Å². The maximum atomic E-state index is 11.1. The monoisotopic (exact) mass is 214 g/mol. The van der Waals surface area contributed by atoms with Crippen molar-refractivity contribution >= 4 is 11.9 Å². The highest BCUT2D eigenvalue weighted by atomic mass is 16.4. The molecule has 0 aliphatic heterocycles. The molecule has 0 bridgehead atoms. The molecule has 0 aromatic heterocycles. The molecule has 1 fully saturated rings. The zero-order valence-electron chi connectivity index (χ0n) is 8.74. The van der Waals surface area contributed by atoms with Crippen molar-refractivity contribution in [3.8, 4) is 0 Å². The molecule has 1 rings (SSSR count). The molecular formula is C10H18N2O3. The van der Waals surface area contributed by atoms with Crippen molar-refractivity contribution < 1.29 is 14.7 Å². The molecule has 15 heavy (non-hydrogen) atoms. The van der Waals surface area contributed by atoms with Crippen molar-refractivity contribution in [2.24, 2.45) is 5.73 Å². The molecule has 1 saturated carbocycles. The average Bonchev–Trinajstić information content (AvgIpc) is 2.63. The Labute approximate surface area is 89.0 Å². The number of amides is 1. The van der Waals surface area contributed by atoms with Gasteiger partial charge in [-0.15, -0.1) is 0 Å². The molecule has 1 aliphatic carbocycles. The van der Waals surface area contributed by atoms with Crippen molar-refractivity contribution in [2.45, 2.75) is 50.6 Å². The standard InChI is InChI=1S/C10H18N2O3/c11-10(15)8(5-6-9(13)14)12-7-3-1-2-4-7/h7-8,12H,1-6H2,(H2,11,15)(H,13,14)/t8-/m0/s1. The summed E-state index contributed by atoms with van der Waals surface area (Å²) in [6.07, 6.45) is 4.70. The highest BCUT2D eigenvalue weighted by molar-refractivity contribution is 5.80. The summed E-state index contributed by atoms with van der Waals surface area (Å²) in [5.74, 6) is -1.35. The second kappa shape index (κ2) is 5.70. The predicted octanol–water partition coefficient (Wildman–Crippen LogP) is 0.237. The number of carboxylic acids is 1. The first-order chi connectivity index (χ1) is 7.09. The van der Waals surface area contributed by atoms with Crippen LogP contribution in [-0.2, 0) is 9.59 Å². The molecule has 0 radical (unpaired) electrons. The predicted molar refractivity (Wildman–Crippen MR) is 55.2 cm³/mol. The lowest BCUT2D eigenvalue weighted by Gasteiger charge is -2.19. The summed E-state index contributed by atoms with van der Waals surface area (Å²) >= 11 is 0. The summed E-state index contributed by atoms with van der Waals surface area (Å²) in [4.78, 5) is 21.5. The van der Waals surface area contributed by atoms with Gasteiger partial charge in [0, 0.05) is 12.5 Å². The number of nitrogens with two attached hydrogens (primary N) is 1. The summed E-state index contributed by atoms with van der Waals surface area (Å²) in [7, 11) is 0. The van der Waals surface area contributed by atoms with Crippen LogP contribution in [0, 0.1) is 0 Å². The summed E-state index contributed by atoms with van der Waals surface area (Å²) < 4.78 is 0. The van der Waals surface area contributed by atoms with Crippen LogP contribution in [0.5, 0.6) is 0 Å². The van der Waals surface area contributed by atoms with Gasteiger partial charge in [-0.1, -0.05) is 12.8 Å². The Morgan fingerprint density at radius 2 is 2.00 bits per heavy atom. The van der Waals surface area contributed by atoms with Gasteiger partial charge in [0.25, 0.3) is 0 Å². The summed E-state index contributed by atoms with van der Waals surface area (Å²) in [6, 6.07) is -0.166. The Kier molecular flexibility index (Phi) is 4.55. The lowest BCUT2D eigenvalue weighted by molar-refractivity contribution is -0.137. The van der Waals surface area contributed by atoms with E-state index in [9.17, 15) is 9.59 Å². The van der Waals surface area contributed by atoms with E-state index in [-0.39, 0.29) is 12.8 Å². The number of carbonyl (C=O) groups excluding carboxylic acids is 1. The minimum Gasteiger partial charge on any atom is -0.481 e. The number of aliphatic carboxylic acids is 1. The first kappa shape index (κ1) is 12.0. The van der Waals surface area contributed by atoms with Crippen LogP contribution < -0.4 is 11.1 Å². The highest BCUT2D eigenvalue weighted by Crippen LogP contribution is 2.18. The second-order valence-electron chi connectivity index (χ2n) is 4.04. The van der Waals surface area contributed by atoms with E-state index in [2.05, 4.69) is 5.32 Å².